The molecule has 60 heavy (non-hydrogen) atoms. The van der Waals surface area contributed by atoms with Gasteiger partial charge < -0.3 is 20.9 Å². The molecule has 0 aliphatic heterocycles. The third-order valence-electron chi connectivity index (χ3n) is 8.50. The largest absolute Gasteiger partial charge is 0.492 e. The van der Waals surface area contributed by atoms with Crippen LogP contribution in [0.15, 0.2) is 97.7 Å². The first-order chi connectivity index (χ1) is 27.9. The average molecular weight is 907 g/mol. The Balaban J connectivity index is 1.40. The van der Waals surface area contributed by atoms with E-state index in [1.807, 2.05) is 0 Å². The summed E-state index contributed by atoms with van der Waals surface area (Å²) in [5, 5.41) is 25.3. The Morgan fingerprint density at radius 2 is 1.40 bits per heavy atom. The first-order valence-corrected chi connectivity index (χ1v) is 22.1. The van der Waals surface area contributed by atoms with Gasteiger partial charge in [0, 0.05) is 11.1 Å². The molecule has 0 fully saturated rings. The molecule has 0 bridgehead atoms. The Kier molecular flexibility index (Phi) is 11.2. The van der Waals surface area contributed by atoms with Crippen molar-refractivity contribution in [3.8, 4) is 11.6 Å². The summed E-state index contributed by atoms with van der Waals surface area (Å²) in [6.07, 6.45) is 0. The predicted octanol–water partition coefficient (Wildman–Crippen LogP) is 2.97. The lowest BCUT2D eigenvalue weighted by Crippen LogP contribution is -2.25. The third-order valence-corrected chi connectivity index (χ3v) is 12.4. The number of nitrogens with one attached hydrogen (secondary N) is 1. The molecule has 1 aliphatic carbocycles. The number of hydrogen-bond acceptors (Lipinski definition) is 19. The first kappa shape index (κ1) is 43.1. The molecule has 0 atom stereocenters. The Bertz CT molecular complexity index is 3150. The van der Waals surface area contributed by atoms with Crippen LogP contribution in [0.2, 0.25) is 0 Å². The number of sulfone groups is 1. The minimum atomic E-state index is -5.29. The first-order valence-electron chi connectivity index (χ1n) is 16.2. The van der Waals surface area contributed by atoms with E-state index in [4.69, 9.17) is 15.0 Å². The van der Waals surface area contributed by atoms with Crippen LogP contribution < -0.4 is 11.1 Å². The second-order valence-corrected chi connectivity index (χ2v) is 18.2. The summed E-state index contributed by atoms with van der Waals surface area (Å²) in [4.78, 5) is 37.7. The molecule has 0 radical (unpaired) electrons. The minimum Gasteiger partial charge on any atom is -0.492 e. The number of ether oxygens (including phenoxy) is 1. The number of aromatic nitrogens is 2. The smallest absolute Gasteiger partial charge is 0.397 e. The summed E-state index contributed by atoms with van der Waals surface area (Å²) in [5.41, 5.74) is 1.02. The van der Waals surface area contributed by atoms with Gasteiger partial charge in [0.15, 0.2) is 27.1 Å². The van der Waals surface area contributed by atoms with Crippen molar-refractivity contribution >= 4 is 86.4 Å². The molecule has 1 heterocycles. The number of benzene rings is 4. The maximum absolute atomic E-state index is 13.7. The number of rotatable bonds is 13. The van der Waals surface area contributed by atoms with E-state index >= 15 is 0 Å². The molecule has 0 saturated heterocycles. The van der Waals surface area contributed by atoms with Crippen molar-refractivity contribution in [1.29, 1.82) is 0 Å². The molecule has 6 rings (SSSR count). The number of ketones is 2. The Morgan fingerprint density at radius 3 is 1.97 bits per heavy atom. The fourth-order valence-corrected chi connectivity index (χ4v) is 8.61. The highest BCUT2D eigenvalue weighted by Gasteiger charge is 2.37. The number of azo groups is 1. The van der Waals surface area contributed by atoms with Gasteiger partial charge in [-0.2, -0.15) is 40.1 Å². The van der Waals surface area contributed by atoms with E-state index < -0.39 is 126 Å². The number of nitrogen functional groups attached to an aromatic ring is 1. The van der Waals surface area contributed by atoms with Crippen molar-refractivity contribution in [3.63, 3.8) is 0 Å². The number of carbonyl (C=O) groups excluding carboxylic acids is 3. The molecular formula is C33H26N6O17S4. The number of anilines is 3. The predicted molar refractivity (Wildman–Crippen MR) is 204 cm³/mol. The zero-order valence-corrected chi connectivity index (χ0v) is 33.2. The zero-order chi connectivity index (χ0) is 44.1. The normalized spacial score (nSPS) is 13.3. The van der Waals surface area contributed by atoms with E-state index in [9.17, 15) is 62.3 Å². The highest BCUT2D eigenvalue weighted by Crippen LogP contribution is 2.42. The molecule has 4 aromatic carbocycles. The fraction of sp³-hybridized carbons (Fsp3) is 0.0909. The van der Waals surface area contributed by atoms with Gasteiger partial charge in [0.05, 0.1) is 63.9 Å². The average Bonchev–Trinajstić information content (AvgIpc) is 3.50. The number of aromatic hydroxyl groups is 1. The van der Waals surface area contributed by atoms with Crippen LogP contribution in [0.5, 0.6) is 5.88 Å². The van der Waals surface area contributed by atoms with Crippen molar-refractivity contribution < 1.29 is 75.7 Å². The van der Waals surface area contributed by atoms with Crippen LogP contribution in [0.3, 0.4) is 0 Å². The summed E-state index contributed by atoms with van der Waals surface area (Å²) < 4.78 is 135. The van der Waals surface area contributed by atoms with Crippen LogP contribution in [0.1, 0.15) is 42.3 Å². The maximum atomic E-state index is 13.7. The Labute approximate surface area is 338 Å². The molecule has 1 aliphatic rings. The van der Waals surface area contributed by atoms with Gasteiger partial charge in [-0.3, -0.25) is 23.2 Å². The molecule has 0 unspecified atom stereocenters. The number of fused-ring (bicyclic) bond motifs is 2. The number of nitrogens with zero attached hydrogens (tertiary/aromatic N) is 4. The van der Waals surface area contributed by atoms with Crippen molar-refractivity contribution in [2.24, 2.45) is 10.2 Å². The van der Waals surface area contributed by atoms with Crippen molar-refractivity contribution in [2.75, 3.05) is 30.5 Å². The van der Waals surface area contributed by atoms with Gasteiger partial charge in [-0.05, 0) is 48.5 Å². The number of methoxy groups -OCH3 is 1. The quantitative estimate of drug-likeness (QED) is 0.0420. The van der Waals surface area contributed by atoms with Crippen LogP contribution in [0, 0.1) is 0 Å². The van der Waals surface area contributed by atoms with Crippen LogP contribution in [0.4, 0.5) is 28.4 Å². The number of esters is 1. The third kappa shape index (κ3) is 8.49. The highest BCUT2D eigenvalue weighted by atomic mass is 32.3. The molecule has 1 aromatic heterocycles. The summed E-state index contributed by atoms with van der Waals surface area (Å²) >= 11 is 0. The van der Waals surface area contributed by atoms with Crippen molar-refractivity contribution in [2.45, 2.75) is 14.7 Å². The van der Waals surface area contributed by atoms with Gasteiger partial charge in [0.1, 0.15) is 9.79 Å². The molecule has 0 saturated carbocycles. The van der Waals surface area contributed by atoms with Crippen LogP contribution >= 0.6 is 0 Å². The second kappa shape index (κ2) is 15.6. The number of carbonyl (C=O) groups is 3. The van der Waals surface area contributed by atoms with Crippen LogP contribution in [-0.4, -0.2) is 99.2 Å². The van der Waals surface area contributed by atoms with Gasteiger partial charge in [0.25, 0.3) is 20.2 Å². The van der Waals surface area contributed by atoms with Crippen molar-refractivity contribution in [3.05, 3.63) is 101 Å². The lowest BCUT2D eigenvalue weighted by atomic mass is 9.82. The fourth-order valence-electron chi connectivity index (χ4n) is 5.81. The monoisotopic (exact) mass is 906 g/mol. The van der Waals surface area contributed by atoms with E-state index in [-0.39, 0.29) is 27.4 Å². The minimum absolute atomic E-state index is 0.0547. The lowest BCUT2D eigenvalue weighted by molar-refractivity contribution is 0.0594. The van der Waals surface area contributed by atoms with E-state index in [0.29, 0.717) is 10.7 Å². The maximum Gasteiger partial charge on any atom is 0.397 e. The van der Waals surface area contributed by atoms with Crippen molar-refractivity contribution in [1.82, 2.24) is 9.78 Å². The van der Waals surface area contributed by atoms with Crippen LogP contribution in [0.25, 0.3) is 5.69 Å². The summed E-state index contributed by atoms with van der Waals surface area (Å²) in [7, 11) is -18.5. The SMILES string of the molecule is COC(=O)c1nn(-c2ccc(Nc3cc(S(=O)(=O)O)c(N)c4c3C(=O)c3ccccc3C4=O)c(S(=O)(=O)O)c2)c(O)c1/N=N/c1ccc(S(=O)(=O)CCOS(=O)(=O)O)cc1. The summed E-state index contributed by atoms with van der Waals surface area (Å²) in [6, 6.07) is 13.3. The molecule has 7 N–H and O–H groups in total. The molecule has 5 aromatic rings. The van der Waals surface area contributed by atoms with E-state index in [1.165, 1.54) is 24.3 Å². The topological polar surface area (TPSA) is 368 Å². The highest BCUT2D eigenvalue weighted by molar-refractivity contribution is 7.91. The molecule has 0 amide bonds. The Hall–Kier alpha value is -6.46. The molecular weight excluding hydrogens is 881 g/mol. The molecule has 27 heteroatoms. The van der Waals surface area contributed by atoms with Gasteiger partial charge in [-0.15, -0.1) is 5.11 Å². The molecule has 0 spiro atoms. The standard InChI is InChI=1S/C33H26N6O17S4/c1-55-33(43)29-28(37-36-16-6-9-18(10-7-16)57(44,45)13-12-56-60(52,53)54)32(42)39(38-29)17-8-11-21(23(14-17)58(46,47)48)35-22-15-24(59(49,50)51)27(34)26-25(22)30(40)19-4-2-3-5-20(19)31(26)41/h2-11,14-15,35,42H,12-13,34H2,1H3,(H,46,47,48)(H,49,50,51)(H,52,53,54)/b37-36+. The van der Waals surface area contributed by atoms with E-state index in [1.54, 1.807) is 0 Å². The summed E-state index contributed by atoms with van der Waals surface area (Å²) in [5.74, 6) is -4.69. The molecule has 23 nitrogen and oxygen atoms in total. The second-order valence-electron chi connectivity index (χ2n) is 12.2. The van der Waals surface area contributed by atoms with Gasteiger partial charge in [-0.1, -0.05) is 24.3 Å². The van der Waals surface area contributed by atoms with E-state index in [0.717, 1.165) is 49.6 Å². The van der Waals surface area contributed by atoms with E-state index in [2.05, 4.69) is 24.8 Å². The van der Waals surface area contributed by atoms with Gasteiger partial charge in [-0.25, -0.2) is 17.4 Å². The van der Waals surface area contributed by atoms with Crippen LogP contribution in [-0.2, 0) is 49.4 Å². The molecule has 314 valence electrons. The number of hydrogen-bond donors (Lipinski definition) is 6. The van der Waals surface area contributed by atoms with Gasteiger partial charge in [0.2, 0.25) is 11.6 Å². The lowest BCUT2D eigenvalue weighted by Gasteiger charge is -2.24. The summed E-state index contributed by atoms with van der Waals surface area (Å²) in [6.45, 7) is -0.881. The van der Waals surface area contributed by atoms with Gasteiger partial charge >= 0.3 is 16.4 Å². The zero-order valence-electron chi connectivity index (χ0n) is 29.9. The number of nitrogens with two attached hydrogens (primary N) is 1. The Morgan fingerprint density at radius 1 is 0.800 bits per heavy atom.